The molecule has 0 bridgehead atoms. The monoisotopic (exact) mass is 610 g/mol. The number of fused-ring (bicyclic) bond motifs is 1. The summed E-state index contributed by atoms with van der Waals surface area (Å²) in [5, 5.41) is 17.3. The number of hydrogen-bond donors (Lipinski definition) is 1. The Bertz CT molecular complexity index is 1430. The van der Waals surface area contributed by atoms with Crippen LogP contribution >= 0.6 is 50.5 Å². The van der Waals surface area contributed by atoms with Crippen molar-refractivity contribution in [3.05, 3.63) is 67.0 Å². The molecule has 0 unspecified atom stereocenters. The minimum Gasteiger partial charge on any atom is -0.383 e. The summed E-state index contributed by atoms with van der Waals surface area (Å²) in [5.41, 5.74) is 1.65. The number of hydrogen-bond acceptors (Lipinski definition) is 6. The first-order chi connectivity index (χ1) is 17.3. The highest BCUT2D eigenvalue weighted by molar-refractivity contribution is 9.10. The number of thiazole rings is 1. The van der Waals surface area contributed by atoms with Crippen LogP contribution in [0.3, 0.4) is 0 Å². The van der Waals surface area contributed by atoms with Crippen LogP contribution in [-0.4, -0.2) is 21.4 Å². The highest BCUT2D eigenvalue weighted by atomic mass is 79.9. The summed E-state index contributed by atoms with van der Waals surface area (Å²) in [6.07, 6.45) is 4.38. The van der Waals surface area contributed by atoms with Crippen molar-refractivity contribution in [3.8, 4) is 11.3 Å². The fraction of sp³-hybridized carbons (Fsp3) is 0.385. The maximum absolute atomic E-state index is 14.5. The molecule has 0 amide bonds. The van der Waals surface area contributed by atoms with Crippen molar-refractivity contribution in [2.24, 2.45) is 0 Å². The lowest BCUT2D eigenvalue weighted by molar-refractivity contribution is -0.0640. The molecule has 2 fully saturated rings. The second-order valence-corrected chi connectivity index (χ2v) is 12.2. The molecule has 2 aromatic heterocycles. The third kappa shape index (κ3) is 4.50. The SMILES string of the molecule is O[C@]1(c2nc3ccc(Br)c(F)c3s2)CC[C@@H](OCc2c(-c3c(Cl)cccc3Cl)noc2C2CC2)CC1. The van der Waals surface area contributed by atoms with E-state index in [0.29, 0.717) is 79.2 Å². The lowest BCUT2D eigenvalue weighted by atomic mass is 9.83. The summed E-state index contributed by atoms with van der Waals surface area (Å²) in [7, 11) is 0. The van der Waals surface area contributed by atoms with E-state index in [4.69, 9.17) is 32.5 Å². The van der Waals surface area contributed by atoms with Crippen LogP contribution in [0.1, 0.15) is 60.8 Å². The summed E-state index contributed by atoms with van der Waals surface area (Å²) in [6.45, 7) is 0.329. The highest BCUT2D eigenvalue weighted by Gasteiger charge is 2.39. The Morgan fingerprint density at radius 3 is 2.56 bits per heavy atom. The first-order valence-electron chi connectivity index (χ1n) is 11.9. The van der Waals surface area contributed by atoms with Gasteiger partial charge in [-0.05, 0) is 78.7 Å². The predicted octanol–water partition coefficient (Wildman–Crippen LogP) is 8.38. The summed E-state index contributed by atoms with van der Waals surface area (Å²) < 4.78 is 27.4. The molecule has 0 radical (unpaired) electrons. The molecule has 10 heteroatoms. The Labute approximate surface area is 229 Å². The third-order valence-corrected chi connectivity index (χ3v) is 9.54. The zero-order valence-electron chi connectivity index (χ0n) is 19.1. The van der Waals surface area contributed by atoms with Gasteiger partial charge in [-0.1, -0.05) is 34.4 Å². The lowest BCUT2D eigenvalue weighted by Crippen LogP contribution is -2.34. The Hall–Kier alpha value is -1.55. The molecule has 188 valence electrons. The van der Waals surface area contributed by atoms with E-state index in [-0.39, 0.29) is 11.9 Å². The van der Waals surface area contributed by atoms with Gasteiger partial charge in [-0.15, -0.1) is 11.3 Å². The van der Waals surface area contributed by atoms with Crippen molar-refractivity contribution in [2.75, 3.05) is 0 Å². The maximum Gasteiger partial charge on any atom is 0.156 e. The number of aromatic nitrogens is 2. The van der Waals surface area contributed by atoms with Crippen LogP contribution < -0.4 is 0 Å². The first kappa shape index (κ1) is 24.8. The molecule has 2 aromatic carbocycles. The van der Waals surface area contributed by atoms with Gasteiger partial charge in [0, 0.05) is 17.0 Å². The van der Waals surface area contributed by atoms with Crippen LogP contribution in [0.4, 0.5) is 4.39 Å². The maximum atomic E-state index is 14.5. The van der Waals surface area contributed by atoms with Crippen molar-refractivity contribution >= 4 is 60.7 Å². The van der Waals surface area contributed by atoms with Crippen molar-refractivity contribution in [1.82, 2.24) is 10.1 Å². The topological polar surface area (TPSA) is 68.4 Å². The summed E-state index contributed by atoms with van der Waals surface area (Å²) in [6, 6.07) is 8.77. The average Bonchev–Trinajstić information content (AvgIpc) is 3.46. The van der Waals surface area contributed by atoms with Crippen LogP contribution in [0.25, 0.3) is 21.5 Å². The van der Waals surface area contributed by atoms with Gasteiger partial charge in [-0.25, -0.2) is 9.37 Å². The van der Waals surface area contributed by atoms with Crippen LogP contribution in [0.2, 0.25) is 10.0 Å². The second-order valence-electron chi connectivity index (χ2n) is 9.52. The molecule has 4 aromatic rings. The molecule has 0 spiro atoms. The Balaban J connectivity index is 1.18. The lowest BCUT2D eigenvalue weighted by Gasteiger charge is -2.34. The Morgan fingerprint density at radius 2 is 1.86 bits per heavy atom. The van der Waals surface area contributed by atoms with Crippen LogP contribution in [0.15, 0.2) is 39.3 Å². The van der Waals surface area contributed by atoms with E-state index < -0.39 is 5.60 Å². The van der Waals surface area contributed by atoms with Crippen LogP contribution in [0, 0.1) is 5.82 Å². The number of nitrogens with zero attached hydrogens (tertiary/aromatic N) is 2. The Kier molecular flexibility index (Phi) is 6.63. The second kappa shape index (κ2) is 9.64. The quantitative estimate of drug-likeness (QED) is 0.237. The molecule has 2 aliphatic carbocycles. The molecule has 2 aliphatic rings. The van der Waals surface area contributed by atoms with E-state index in [1.807, 2.05) is 0 Å². The van der Waals surface area contributed by atoms with Gasteiger partial charge >= 0.3 is 0 Å². The van der Waals surface area contributed by atoms with Crippen molar-refractivity contribution in [2.45, 2.75) is 62.8 Å². The number of aliphatic hydroxyl groups is 1. The molecule has 36 heavy (non-hydrogen) atoms. The molecular formula is C26H22BrCl2FN2O3S. The van der Waals surface area contributed by atoms with Gasteiger partial charge < -0.3 is 14.4 Å². The number of benzene rings is 2. The van der Waals surface area contributed by atoms with Crippen LogP contribution in [-0.2, 0) is 16.9 Å². The fourth-order valence-electron chi connectivity index (χ4n) is 4.83. The van der Waals surface area contributed by atoms with Crippen molar-refractivity contribution in [1.29, 1.82) is 0 Å². The minimum atomic E-state index is -1.09. The van der Waals surface area contributed by atoms with Gasteiger partial charge in [0.1, 0.15) is 22.1 Å². The summed E-state index contributed by atoms with van der Waals surface area (Å²) >= 11 is 17.4. The van der Waals surface area contributed by atoms with Gasteiger partial charge in [0.25, 0.3) is 0 Å². The van der Waals surface area contributed by atoms with E-state index in [9.17, 15) is 9.50 Å². The van der Waals surface area contributed by atoms with Gasteiger partial charge in [0.05, 0.1) is 37.4 Å². The van der Waals surface area contributed by atoms with Crippen LogP contribution in [0.5, 0.6) is 0 Å². The largest absolute Gasteiger partial charge is 0.383 e. The van der Waals surface area contributed by atoms with Gasteiger partial charge in [0.2, 0.25) is 0 Å². The van der Waals surface area contributed by atoms with E-state index in [1.165, 1.54) is 11.3 Å². The number of rotatable bonds is 6. The van der Waals surface area contributed by atoms with E-state index >= 15 is 0 Å². The summed E-state index contributed by atoms with van der Waals surface area (Å²) in [4.78, 5) is 4.54. The zero-order valence-corrected chi connectivity index (χ0v) is 23.0. The smallest absolute Gasteiger partial charge is 0.156 e. The fourth-order valence-corrected chi connectivity index (χ4v) is 7.02. The number of ether oxygens (including phenoxy) is 1. The highest BCUT2D eigenvalue weighted by Crippen LogP contribution is 2.47. The standard InChI is InChI=1S/C26H22BrCl2FN2O3S/c27-16-6-7-19-24(21(16)30)36-25(31-19)26(33)10-8-14(9-11-26)34-12-15-22(32-35-23(15)13-4-5-13)20-17(28)2-1-3-18(20)29/h1-3,6-7,13-14,33H,4-5,8-12H2/t14-,26-. The van der Waals surface area contributed by atoms with Gasteiger partial charge in [-0.3, -0.25) is 0 Å². The van der Waals surface area contributed by atoms with Crippen molar-refractivity contribution < 1.29 is 18.8 Å². The molecule has 0 aliphatic heterocycles. The zero-order chi connectivity index (χ0) is 25.0. The average molecular weight is 612 g/mol. The van der Waals surface area contributed by atoms with E-state index in [2.05, 4.69) is 26.1 Å². The molecule has 0 saturated heterocycles. The molecule has 2 saturated carbocycles. The first-order valence-corrected chi connectivity index (χ1v) is 14.2. The molecular weight excluding hydrogens is 590 g/mol. The van der Waals surface area contributed by atoms with Gasteiger partial charge in [0.15, 0.2) is 5.82 Å². The normalized spacial score (nSPS) is 22.4. The molecule has 0 atom stereocenters. The third-order valence-electron chi connectivity index (χ3n) is 7.04. The number of halogens is 4. The molecule has 1 N–H and O–H groups in total. The Morgan fingerprint density at radius 1 is 1.14 bits per heavy atom. The molecule has 2 heterocycles. The van der Waals surface area contributed by atoms with Crippen molar-refractivity contribution in [3.63, 3.8) is 0 Å². The minimum absolute atomic E-state index is 0.0398. The molecule has 5 nitrogen and oxygen atoms in total. The van der Waals surface area contributed by atoms with Gasteiger partial charge in [-0.2, -0.15) is 0 Å². The van der Waals surface area contributed by atoms with E-state index in [1.54, 1.807) is 30.3 Å². The summed E-state index contributed by atoms with van der Waals surface area (Å²) in [5.74, 6) is 0.851. The molecule has 6 rings (SSSR count). The predicted molar refractivity (Wildman–Crippen MR) is 142 cm³/mol. The van der Waals surface area contributed by atoms with E-state index in [0.717, 1.165) is 24.2 Å².